The molecule has 26 heavy (non-hydrogen) atoms. The Labute approximate surface area is 158 Å². The summed E-state index contributed by atoms with van der Waals surface area (Å²) in [4.78, 5) is 16.6. The molecule has 0 fully saturated rings. The van der Waals surface area contributed by atoms with Gasteiger partial charge in [-0.05, 0) is 25.1 Å². The molecule has 0 saturated carbocycles. The summed E-state index contributed by atoms with van der Waals surface area (Å²) in [5.41, 5.74) is 7.15. The molecule has 3 aromatic rings. The number of nitrogens with two attached hydrogens (primary N) is 1. The first-order chi connectivity index (χ1) is 12.5. The van der Waals surface area contributed by atoms with Crippen molar-refractivity contribution in [3.05, 3.63) is 63.5 Å². The fraction of sp³-hybridized carbons (Fsp3) is 0.118. The number of nitrogens with one attached hydrogen (secondary N) is 1. The Morgan fingerprint density at radius 1 is 1.31 bits per heavy atom. The van der Waals surface area contributed by atoms with Gasteiger partial charge in [-0.15, -0.1) is 5.10 Å². The summed E-state index contributed by atoms with van der Waals surface area (Å²) in [6.07, 6.45) is 1.53. The van der Waals surface area contributed by atoms with Gasteiger partial charge in [0, 0.05) is 11.3 Å². The number of hydrogen-bond acceptors (Lipinski definition) is 5. The minimum Gasteiger partial charge on any atom is -0.461 e. The Morgan fingerprint density at radius 3 is 2.81 bits per heavy atom. The highest BCUT2D eigenvalue weighted by Crippen LogP contribution is 2.40. The minimum atomic E-state index is -0.661. The Morgan fingerprint density at radius 2 is 2.12 bits per heavy atom. The van der Waals surface area contributed by atoms with Crippen molar-refractivity contribution in [3.63, 3.8) is 0 Å². The smallest absolute Gasteiger partial charge is 0.248 e. The highest BCUT2D eigenvalue weighted by atomic mass is 35.5. The number of benzene rings is 1. The van der Waals surface area contributed by atoms with Crippen molar-refractivity contribution in [2.45, 2.75) is 13.0 Å². The van der Waals surface area contributed by atoms with Gasteiger partial charge in [-0.25, -0.2) is 4.68 Å². The van der Waals surface area contributed by atoms with E-state index in [-0.39, 0.29) is 0 Å². The second kappa shape index (κ2) is 6.19. The van der Waals surface area contributed by atoms with Crippen LogP contribution >= 0.6 is 23.2 Å². The molecule has 0 saturated heterocycles. The summed E-state index contributed by atoms with van der Waals surface area (Å²) in [6, 6.07) is 8.03. The first-order valence-electron chi connectivity index (χ1n) is 7.69. The van der Waals surface area contributed by atoms with Gasteiger partial charge >= 0.3 is 0 Å². The molecule has 1 aliphatic heterocycles. The quantitative estimate of drug-likeness (QED) is 0.712. The second-order valence-corrected chi connectivity index (χ2v) is 6.54. The topological polar surface area (TPSA) is 99.0 Å². The number of carbonyl (C=O) groups excluding carboxylic acids is 1. The van der Waals surface area contributed by atoms with E-state index in [0.717, 1.165) is 0 Å². The van der Waals surface area contributed by atoms with Gasteiger partial charge < -0.3 is 15.5 Å². The highest BCUT2D eigenvalue weighted by Gasteiger charge is 2.35. The van der Waals surface area contributed by atoms with E-state index in [1.807, 2.05) is 0 Å². The third-order valence-electron chi connectivity index (χ3n) is 4.14. The zero-order chi connectivity index (χ0) is 18.4. The lowest BCUT2D eigenvalue weighted by molar-refractivity contribution is -0.115. The van der Waals surface area contributed by atoms with Crippen LogP contribution in [0.25, 0.3) is 11.6 Å². The number of furan rings is 1. The maximum Gasteiger partial charge on any atom is 0.248 e. The highest BCUT2D eigenvalue weighted by molar-refractivity contribution is 6.42. The average Bonchev–Trinajstić information content (AvgIpc) is 3.24. The van der Waals surface area contributed by atoms with E-state index in [9.17, 15) is 4.79 Å². The number of allylic oxidation sites excluding steroid dienone is 1. The van der Waals surface area contributed by atoms with E-state index in [1.54, 1.807) is 41.9 Å². The molecule has 0 aliphatic carbocycles. The molecule has 1 aliphatic rings. The van der Waals surface area contributed by atoms with Crippen molar-refractivity contribution in [1.82, 2.24) is 14.8 Å². The number of amides is 1. The first kappa shape index (κ1) is 16.7. The Bertz CT molecular complexity index is 1040. The summed E-state index contributed by atoms with van der Waals surface area (Å²) in [7, 11) is 0. The van der Waals surface area contributed by atoms with Gasteiger partial charge in [-0.3, -0.25) is 4.79 Å². The van der Waals surface area contributed by atoms with Crippen LogP contribution in [-0.4, -0.2) is 20.7 Å². The number of fused-ring (bicyclic) bond motifs is 1. The molecule has 4 rings (SSSR count). The maximum atomic E-state index is 12.2. The van der Waals surface area contributed by atoms with Crippen molar-refractivity contribution in [2.24, 2.45) is 5.73 Å². The number of carbonyl (C=O) groups is 1. The number of primary amides is 1. The minimum absolute atomic E-state index is 0.327. The lowest BCUT2D eigenvalue weighted by atomic mass is 9.95. The standard InChI is InChI=1S/C17H13Cl2N5O2/c1-8-12(15(20)25)14(9-4-2-5-10(18)13(9)19)24-17(21-8)22-16(23-24)11-6-3-7-26-11/h2-7,14H,1H3,(H2,20,25)(H,21,22,23). The van der Waals surface area contributed by atoms with Gasteiger partial charge in [0.25, 0.3) is 0 Å². The molecule has 3 N–H and O–H groups in total. The number of anilines is 1. The van der Waals surface area contributed by atoms with Gasteiger partial charge in [0.05, 0.1) is 21.9 Å². The number of halogens is 2. The van der Waals surface area contributed by atoms with Gasteiger partial charge in [0.1, 0.15) is 6.04 Å². The molecule has 0 radical (unpaired) electrons. The number of aromatic nitrogens is 3. The molecule has 7 nitrogen and oxygen atoms in total. The number of rotatable bonds is 3. The second-order valence-electron chi connectivity index (χ2n) is 5.75. The predicted molar refractivity (Wildman–Crippen MR) is 97.8 cm³/mol. The van der Waals surface area contributed by atoms with E-state index in [2.05, 4.69) is 15.4 Å². The van der Waals surface area contributed by atoms with E-state index < -0.39 is 11.9 Å². The van der Waals surface area contributed by atoms with Crippen LogP contribution < -0.4 is 11.1 Å². The van der Waals surface area contributed by atoms with Crippen LogP contribution in [0.3, 0.4) is 0 Å². The lowest BCUT2D eigenvalue weighted by Gasteiger charge is -2.28. The molecule has 1 amide bonds. The van der Waals surface area contributed by atoms with E-state index in [0.29, 0.717) is 44.4 Å². The van der Waals surface area contributed by atoms with Crippen LogP contribution in [0.1, 0.15) is 18.5 Å². The fourth-order valence-corrected chi connectivity index (χ4v) is 3.41. The Balaban J connectivity index is 1.95. The monoisotopic (exact) mass is 389 g/mol. The summed E-state index contributed by atoms with van der Waals surface area (Å²) >= 11 is 12.6. The van der Waals surface area contributed by atoms with Crippen LogP contribution in [0.15, 0.2) is 52.3 Å². The molecular weight excluding hydrogens is 377 g/mol. The zero-order valence-corrected chi connectivity index (χ0v) is 15.0. The molecule has 132 valence electrons. The molecule has 1 aromatic carbocycles. The first-order valence-corrected chi connectivity index (χ1v) is 8.45. The van der Waals surface area contributed by atoms with Gasteiger partial charge in [-0.1, -0.05) is 35.3 Å². The zero-order valence-electron chi connectivity index (χ0n) is 13.5. The third-order valence-corrected chi connectivity index (χ3v) is 4.97. The SMILES string of the molecule is CC1=C(C(N)=O)C(c2cccc(Cl)c2Cl)n2nc(-c3ccco3)nc2N1. The molecule has 0 spiro atoms. The van der Waals surface area contributed by atoms with Crippen molar-refractivity contribution < 1.29 is 9.21 Å². The summed E-state index contributed by atoms with van der Waals surface area (Å²) in [5, 5.41) is 8.25. The maximum absolute atomic E-state index is 12.2. The van der Waals surface area contributed by atoms with Gasteiger partial charge in [-0.2, -0.15) is 4.98 Å². The molecule has 9 heteroatoms. The van der Waals surface area contributed by atoms with Crippen LogP contribution in [0.4, 0.5) is 5.95 Å². The predicted octanol–water partition coefficient (Wildman–Crippen LogP) is 3.62. The summed E-state index contributed by atoms with van der Waals surface area (Å²) in [6.45, 7) is 1.75. The fourth-order valence-electron chi connectivity index (χ4n) is 3.00. The Hall–Kier alpha value is -2.77. The lowest BCUT2D eigenvalue weighted by Crippen LogP contribution is -2.32. The largest absolute Gasteiger partial charge is 0.461 e. The number of hydrogen-bond donors (Lipinski definition) is 2. The van der Waals surface area contributed by atoms with Crippen LogP contribution in [-0.2, 0) is 4.79 Å². The van der Waals surface area contributed by atoms with E-state index in [1.165, 1.54) is 6.26 Å². The van der Waals surface area contributed by atoms with Crippen LogP contribution in [0.2, 0.25) is 10.0 Å². The van der Waals surface area contributed by atoms with Crippen molar-refractivity contribution in [2.75, 3.05) is 5.32 Å². The molecule has 1 atom stereocenters. The normalized spacial score (nSPS) is 16.3. The van der Waals surface area contributed by atoms with Gasteiger partial charge in [0.15, 0.2) is 5.76 Å². The van der Waals surface area contributed by atoms with Crippen molar-refractivity contribution in [3.8, 4) is 11.6 Å². The van der Waals surface area contributed by atoms with Crippen LogP contribution in [0, 0.1) is 0 Å². The van der Waals surface area contributed by atoms with Crippen molar-refractivity contribution >= 4 is 35.1 Å². The van der Waals surface area contributed by atoms with E-state index in [4.69, 9.17) is 33.4 Å². The summed E-state index contributed by atoms with van der Waals surface area (Å²) < 4.78 is 6.92. The molecule has 2 aromatic heterocycles. The molecule has 1 unspecified atom stereocenters. The van der Waals surface area contributed by atoms with Crippen molar-refractivity contribution in [1.29, 1.82) is 0 Å². The average molecular weight is 390 g/mol. The third kappa shape index (κ3) is 2.56. The molecule has 3 heterocycles. The summed E-state index contributed by atoms with van der Waals surface area (Å²) in [5.74, 6) is 0.735. The molecular formula is C17H13Cl2N5O2. The Kier molecular flexibility index (Phi) is 3.97. The molecule has 0 bridgehead atoms. The van der Waals surface area contributed by atoms with E-state index >= 15 is 0 Å². The van der Waals surface area contributed by atoms with Crippen LogP contribution in [0.5, 0.6) is 0 Å². The van der Waals surface area contributed by atoms with Gasteiger partial charge in [0.2, 0.25) is 17.7 Å². The number of nitrogens with zero attached hydrogens (tertiary/aromatic N) is 3.